The Morgan fingerprint density at radius 2 is 1.84 bits per heavy atom. The van der Waals surface area contributed by atoms with Gasteiger partial charge in [0.25, 0.3) is 0 Å². The highest BCUT2D eigenvalue weighted by atomic mass is 16.5. The van der Waals surface area contributed by atoms with E-state index in [0.29, 0.717) is 6.54 Å². The molecule has 0 radical (unpaired) electrons. The first-order chi connectivity index (χ1) is 11.8. The minimum atomic E-state index is -0.266. The molecular formula is C21H24N2O2. The number of benzene rings is 2. The Labute approximate surface area is 149 Å². The highest BCUT2D eigenvalue weighted by Gasteiger charge is 2.20. The number of amides is 1. The highest BCUT2D eigenvalue weighted by Crippen LogP contribution is 2.36. The third kappa shape index (κ3) is 5.09. The second-order valence-corrected chi connectivity index (χ2v) is 7.06. The van der Waals surface area contributed by atoms with Gasteiger partial charge in [0.05, 0.1) is 6.07 Å². The number of carbonyl (C=O) groups is 1. The van der Waals surface area contributed by atoms with E-state index in [1.807, 2.05) is 43.3 Å². The fourth-order valence-corrected chi connectivity index (χ4v) is 2.51. The first-order valence-corrected chi connectivity index (χ1v) is 8.32. The Bertz CT molecular complexity index is 781. The van der Waals surface area contributed by atoms with Crippen LogP contribution in [0.5, 0.6) is 11.5 Å². The number of hydrogen-bond acceptors (Lipinski definition) is 3. The van der Waals surface area contributed by atoms with Crippen LogP contribution in [0.2, 0.25) is 0 Å². The molecule has 0 aliphatic carbocycles. The molecule has 0 bridgehead atoms. The molecule has 25 heavy (non-hydrogen) atoms. The number of nitriles is 1. The molecule has 0 spiro atoms. The predicted molar refractivity (Wildman–Crippen MR) is 98.5 cm³/mol. The number of para-hydroxylation sites is 1. The summed E-state index contributed by atoms with van der Waals surface area (Å²) in [6.07, 6.45) is -0.121. The summed E-state index contributed by atoms with van der Waals surface area (Å²) in [6.45, 7) is 8.95. The number of aryl methyl sites for hydroxylation is 1. The summed E-state index contributed by atoms with van der Waals surface area (Å²) in [7, 11) is 0. The Balaban J connectivity index is 2.12. The molecule has 4 nitrogen and oxygen atoms in total. The number of carbonyl (C=O) groups excluding carboxylic acids is 1. The minimum absolute atomic E-state index is 0.00762. The summed E-state index contributed by atoms with van der Waals surface area (Å²) in [5.74, 6) is 1.38. The van der Waals surface area contributed by atoms with Crippen molar-refractivity contribution in [3.8, 4) is 17.6 Å². The average Bonchev–Trinajstić information content (AvgIpc) is 2.55. The van der Waals surface area contributed by atoms with E-state index < -0.39 is 0 Å². The molecule has 0 saturated heterocycles. The zero-order valence-electron chi connectivity index (χ0n) is 15.2. The van der Waals surface area contributed by atoms with Crippen molar-refractivity contribution in [2.75, 3.05) is 0 Å². The van der Waals surface area contributed by atoms with Crippen molar-refractivity contribution in [3.63, 3.8) is 0 Å². The van der Waals surface area contributed by atoms with E-state index >= 15 is 0 Å². The lowest BCUT2D eigenvalue weighted by molar-refractivity contribution is -0.120. The van der Waals surface area contributed by atoms with Crippen LogP contribution in [0.3, 0.4) is 0 Å². The topological polar surface area (TPSA) is 62.1 Å². The van der Waals surface area contributed by atoms with Gasteiger partial charge in [-0.05, 0) is 35.6 Å². The van der Waals surface area contributed by atoms with Crippen molar-refractivity contribution in [1.29, 1.82) is 5.26 Å². The van der Waals surface area contributed by atoms with Gasteiger partial charge in [-0.2, -0.15) is 5.26 Å². The van der Waals surface area contributed by atoms with E-state index in [1.54, 1.807) is 0 Å². The molecule has 0 unspecified atom stereocenters. The van der Waals surface area contributed by atoms with Crippen LogP contribution in [-0.2, 0) is 16.8 Å². The Kier molecular flexibility index (Phi) is 5.82. The van der Waals surface area contributed by atoms with Crippen LogP contribution < -0.4 is 10.1 Å². The lowest BCUT2D eigenvalue weighted by Crippen LogP contribution is -2.21. The van der Waals surface area contributed by atoms with Gasteiger partial charge in [-0.25, -0.2) is 0 Å². The van der Waals surface area contributed by atoms with E-state index in [-0.39, 0.29) is 17.7 Å². The van der Waals surface area contributed by atoms with Crippen LogP contribution in [0.25, 0.3) is 0 Å². The van der Waals surface area contributed by atoms with Gasteiger partial charge in [0.1, 0.15) is 17.9 Å². The van der Waals surface area contributed by atoms with Gasteiger partial charge in [0, 0.05) is 12.1 Å². The third-order valence-electron chi connectivity index (χ3n) is 3.89. The normalized spacial score (nSPS) is 10.8. The number of hydrogen-bond donors (Lipinski definition) is 1. The van der Waals surface area contributed by atoms with Crippen molar-refractivity contribution in [2.24, 2.45) is 0 Å². The first kappa shape index (κ1) is 18.5. The van der Waals surface area contributed by atoms with Gasteiger partial charge in [-0.3, -0.25) is 4.79 Å². The van der Waals surface area contributed by atoms with Gasteiger partial charge < -0.3 is 10.1 Å². The Hall–Kier alpha value is -2.80. The monoisotopic (exact) mass is 336 g/mol. The standard InChI is InChI=1S/C21H24N2O2/c1-15-6-5-7-18(21(2,3)4)20(15)25-17-10-8-16(9-11-17)14-23-19(24)12-13-22/h5-11H,12,14H2,1-4H3,(H,23,24). The maximum absolute atomic E-state index is 11.3. The van der Waals surface area contributed by atoms with Gasteiger partial charge >= 0.3 is 0 Å². The van der Waals surface area contributed by atoms with E-state index in [0.717, 1.165) is 22.6 Å². The lowest BCUT2D eigenvalue weighted by Gasteiger charge is -2.24. The molecule has 1 amide bonds. The molecule has 4 heteroatoms. The molecule has 0 fully saturated rings. The van der Waals surface area contributed by atoms with Gasteiger partial charge in [0.15, 0.2) is 0 Å². The van der Waals surface area contributed by atoms with Crippen LogP contribution >= 0.6 is 0 Å². The van der Waals surface area contributed by atoms with E-state index in [4.69, 9.17) is 10.00 Å². The fourth-order valence-electron chi connectivity index (χ4n) is 2.51. The van der Waals surface area contributed by atoms with Gasteiger partial charge in [-0.1, -0.05) is 51.1 Å². The maximum Gasteiger partial charge on any atom is 0.234 e. The van der Waals surface area contributed by atoms with Gasteiger partial charge in [-0.15, -0.1) is 0 Å². The summed E-state index contributed by atoms with van der Waals surface area (Å²) in [6, 6.07) is 15.6. The summed E-state index contributed by atoms with van der Waals surface area (Å²) >= 11 is 0. The molecular weight excluding hydrogens is 312 g/mol. The zero-order chi connectivity index (χ0) is 18.4. The number of rotatable bonds is 5. The average molecular weight is 336 g/mol. The zero-order valence-corrected chi connectivity index (χ0v) is 15.2. The second kappa shape index (κ2) is 7.85. The molecule has 2 aromatic carbocycles. The molecule has 0 aliphatic heterocycles. The minimum Gasteiger partial charge on any atom is -0.457 e. The van der Waals surface area contributed by atoms with E-state index in [1.165, 1.54) is 5.56 Å². The van der Waals surface area contributed by atoms with E-state index in [9.17, 15) is 4.79 Å². The maximum atomic E-state index is 11.3. The van der Waals surface area contributed by atoms with E-state index in [2.05, 4.69) is 38.2 Å². The number of ether oxygens (including phenoxy) is 1. The molecule has 1 N–H and O–H groups in total. The van der Waals surface area contributed by atoms with Gasteiger partial charge in [0.2, 0.25) is 5.91 Å². The lowest BCUT2D eigenvalue weighted by atomic mass is 9.85. The van der Waals surface area contributed by atoms with Crippen LogP contribution in [0.4, 0.5) is 0 Å². The van der Waals surface area contributed by atoms with Crippen LogP contribution in [-0.4, -0.2) is 5.91 Å². The van der Waals surface area contributed by atoms with Crippen molar-refractivity contribution in [2.45, 2.75) is 46.1 Å². The third-order valence-corrected chi connectivity index (χ3v) is 3.89. The van der Waals surface area contributed by atoms with Crippen LogP contribution in [0.1, 0.15) is 43.9 Å². The molecule has 0 saturated carbocycles. The molecule has 2 aromatic rings. The van der Waals surface area contributed by atoms with Crippen molar-refractivity contribution in [3.05, 3.63) is 59.2 Å². The van der Waals surface area contributed by atoms with Crippen LogP contribution in [0, 0.1) is 18.3 Å². The summed E-state index contributed by atoms with van der Waals surface area (Å²) in [4.78, 5) is 11.3. The number of nitrogens with one attached hydrogen (secondary N) is 1. The first-order valence-electron chi connectivity index (χ1n) is 8.32. The molecule has 0 aliphatic rings. The van der Waals surface area contributed by atoms with Crippen molar-refractivity contribution >= 4 is 5.91 Å². The summed E-state index contributed by atoms with van der Waals surface area (Å²) < 4.78 is 6.16. The second-order valence-electron chi connectivity index (χ2n) is 7.06. The molecule has 0 atom stereocenters. The highest BCUT2D eigenvalue weighted by molar-refractivity contribution is 5.77. The van der Waals surface area contributed by atoms with Crippen LogP contribution in [0.15, 0.2) is 42.5 Å². The number of nitrogens with zero attached hydrogens (tertiary/aromatic N) is 1. The largest absolute Gasteiger partial charge is 0.457 e. The summed E-state index contributed by atoms with van der Waals surface area (Å²) in [5.41, 5.74) is 3.21. The Morgan fingerprint density at radius 3 is 2.44 bits per heavy atom. The van der Waals surface area contributed by atoms with Crippen molar-refractivity contribution < 1.29 is 9.53 Å². The Morgan fingerprint density at radius 1 is 1.16 bits per heavy atom. The summed E-state index contributed by atoms with van der Waals surface area (Å²) in [5, 5.41) is 11.2. The fraction of sp³-hybridized carbons (Fsp3) is 0.333. The SMILES string of the molecule is Cc1cccc(C(C)(C)C)c1Oc1ccc(CNC(=O)CC#N)cc1. The molecule has 2 rings (SSSR count). The molecule has 0 heterocycles. The predicted octanol–water partition coefficient (Wildman–Crippen LogP) is 4.61. The quantitative estimate of drug-likeness (QED) is 0.867. The van der Waals surface area contributed by atoms with Crippen molar-refractivity contribution in [1.82, 2.24) is 5.32 Å². The molecule has 130 valence electrons. The smallest absolute Gasteiger partial charge is 0.234 e. The molecule has 0 aromatic heterocycles.